The molecule has 5 heteroatoms. The van der Waals surface area contributed by atoms with Crippen LogP contribution in [0.2, 0.25) is 0 Å². The molecule has 0 fully saturated rings. The third-order valence-corrected chi connectivity index (χ3v) is 2.43. The van der Waals surface area contributed by atoms with Gasteiger partial charge in [0, 0.05) is 11.6 Å². The Bertz CT molecular complexity index is 582. The number of nitrogens with zero attached hydrogens (tertiary/aromatic N) is 2. The van der Waals surface area contributed by atoms with E-state index < -0.39 is 4.92 Å². The van der Waals surface area contributed by atoms with E-state index in [0.29, 0.717) is 17.0 Å². The third kappa shape index (κ3) is 2.08. The summed E-state index contributed by atoms with van der Waals surface area (Å²) in [6.45, 7) is 1.57. The van der Waals surface area contributed by atoms with E-state index in [1.54, 1.807) is 31.2 Å². The maximum Gasteiger partial charge on any atom is 0.290 e. The second-order valence-corrected chi connectivity index (χ2v) is 3.58. The van der Waals surface area contributed by atoms with Crippen molar-refractivity contribution in [2.45, 2.75) is 6.92 Å². The summed E-state index contributed by atoms with van der Waals surface area (Å²) in [7, 11) is 0. The Morgan fingerprint density at radius 1 is 1.24 bits per heavy atom. The molecule has 1 heterocycles. The molecule has 0 radical (unpaired) electrons. The van der Waals surface area contributed by atoms with Gasteiger partial charge in [-0.3, -0.25) is 10.1 Å². The Labute approximate surface area is 97.5 Å². The van der Waals surface area contributed by atoms with E-state index in [0.717, 1.165) is 0 Å². The van der Waals surface area contributed by atoms with Crippen molar-refractivity contribution < 1.29 is 10.0 Å². The monoisotopic (exact) mass is 230 g/mol. The molecule has 1 N–H and O–H groups in total. The summed E-state index contributed by atoms with van der Waals surface area (Å²) in [5.41, 5.74) is 1.39. The average Bonchev–Trinajstić information content (AvgIpc) is 2.29. The molecule has 0 unspecified atom stereocenters. The van der Waals surface area contributed by atoms with Gasteiger partial charge in [-0.05, 0) is 25.1 Å². The number of rotatable bonds is 2. The van der Waals surface area contributed by atoms with E-state index in [9.17, 15) is 15.2 Å². The lowest BCUT2D eigenvalue weighted by Gasteiger charge is -2.04. The van der Waals surface area contributed by atoms with E-state index in [1.807, 2.05) is 0 Å². The Kier molecular flexibility index (Phi) is 2.74. The fourth-order valence-electron chi connectivity index (χ4n) is 1.59. The molecular weight excluding hydrogens is 220 g/mol. The SMILES string of the molecule is Cc1nc(-c2ccccc2O)ccc1[N+](=O)[O-]. The van der Waals surface area contributed by atoms with Crippen LogP contribution in [0, 0.1) is 17.0 Å². The van der Waals surface area contributed by atoms with Gasteiger partial charge in [0.15, 0.2) is 0 Å². The average molecular weight is 230 g/mol. The maximum atomic E-state index is 10.7. The molecule has 17 heavy (non-hydrogen) atoms. The second kappa shape index (κ2) is 4.21. The number of phenols is 1. The van der Waals surface area contributed by atoms with Gasteiger partial charge in [0.2, 0.25) is 0 Å². The molecule has 0 amide bonds. The van der Waals surface area contributed by atoms with Gasteiger partial charge >= 0.3 is 0 Å². The minimum absolute atomic E-state index is 0.0239. The number of aromatic nitrogens is 1. The summed E-state index contributed by atoms with van der Waals surface area (Å²) in [5, 5.41) is 20.3. The highest BCUT2D eigenvalue weighted by Gasteiger charge is 2.13. The summed E-state index contributed by atoms with van der Waals surface area (Å²) >= 11 is 0. The number of benzene rings is 1. The number of aryl methyl sites for hydroxylation is 1. The van der Waals surface area contributed by atoms with Crippen molar-refractivity contribution in [2.75, 3.05) is 0 Å². The van der Waals surface area contributed by atoms with Crippen molar-refractivity contribution in [3.8, 4) is 17.0 Å². The van der Waals surface area contributed by atoms with Gasteiger partial charge in [-0.2, -0.15) is 0 Å². The van der Waals surface area contributed by atoms with Gasteiger partial charge in [0.25, 0.3) is 5.69 Å². The standard InChI is InChI=1S/C12H10N2O3/c1-8-11(14(16)17)7-6-10(13-8)9-4-2-3-5-12(9)15/h2-7,15H,1H3. The van der Waals surface area contributed by atoms with Gasteiger partial charge in [-0.1, -0.05) is 12.1 Å². The topological polar surface area (TPSA) is 76.3 Å². The number of nitro groups is 1. The molecule has 5 nitrogen and oxygen atoms in total. The van der Waals surface area contributed by atoms with Crippen LogP contribution in [0.5, 0.6) is 5.75 Å². The van der Waals surface area contributed by atoms with Crippen LogP contribution in [0.3, 0.4) is 0 Å². The number of para-hydroxylation sites is 1. The maximum absolute atomic E-state index is 10.7. The second-order valence-electron chi connectivity index (χ2n) is 3.58. The van der Waals surface area contributed by atoms with Crippen molar-refractivity contribution in [2.24, 2.45) is 0 Å². The molecule has 0 aliphatic rings. The van der Waals surface area contributed by atoms with Crippen LogP contribution in [0.4, 0.5) is 5.69 Å². The third-order valence-electron chi connectivity index (χ3n) is 2.43. The predicted octanol–water partition coefficient (Wildman–Crippen LogP) is 2.67. The van der Waals surface area contributed by atoms with E-state index in [-0.39, 0.29) is 11.4 Å². The minimum Gasteiger partial charge on any atom is -0.507 e. The predicted molar refractivity (Wildman–Crippen MR) is 62.7 cm³/mol. The van der Waals surface area contributed by atoms with Crippen molar-refractivity contribution in [1.29, 1.82) is 0 Å². The molecule has 0 saturated heterocycles. The molecule has 0 aliphatic carbocycles. The fourth-order valence-corrected chi connectivity index (χ4v) is 1.59. The number of aromatic hydroxyl groups is 1. The summed E-state index contributed by atoms with van der Waals surface area (Å²) in [4.78, 5) is 14.3. The Morgan fingerprint density at radius 2 is 1.94 bits per heavy atom. The van der Waals surface area contributed by atoms with Crippen LogP contribution in [0.25, 0.3) is 11.3 Å². The highest BCUT2D eigenvalue weighted by atomic mass is 16.6. The molecular formula is C12H10N2O3. The highest BCUT2D eigenvalue weighted by molar-refractivity contribution is 5.67. The van der Waals surface area contributed by atoms with Gasteiger partial charge in [0.05, 0.1) is 10.6 Å². The van der Waals surface area contributed by atoms with Gasteiger partial charge in [-0.15, -0.1) is 0 Å². The molecule has 1 aromatic heterocycles. The lowest BCUT2D eigenvalue weighted by Crippen LogP contribution is -1.95. The smallest absolute Gasteiger partial charge is 0.290 e. The largest absolute Gasteiger partial charge is 0.507 e. The van der Waals surface area contributed by atoms with E-state index in [1.165, 1.54) is 12.1 Å². The van der Waals surface area contributed by atoms with Gasteiger partial charge in [0.1, 0.15) is 11.4 Å². The van der Waals surface area contributed by atoms with E-state index >= 15 is 0 Å². The molecule has 0 aliphatic heterocycles. The summed E-state index contributed by atoms with van der Waals surface area (Å²) < 4.78 is 0. The first-order valence-electron chi connectivity index (χ1n) is 5.00. The zero-order valence-electron chi connectivity index (χ0n) is 9.12. The van der Waals surface area contributed by atoms with Crippen molar-refractivity contribution in [1.82, 2.24) is 4.98 Å². The molecule has 86 valence electrons. The van der Waals surface area contributed by atoms with E-state index in [4.69, 9.17) is 0 Å². The molecule has 0 saturated carbocycles. The highest BCUT2D eigenvalue weighted by Crippen LogP contribution is 2.29. The van der Waals surface area contributed by atoms with Gasteiger partial charge in [-0.25, -0.2) is 4.98 Å². The van der Waals surface area contributed by atoms with Crippen molar-refractivity contribution in [3.05, 3.63) is 52.2 Å². The lowest BCUT2D eigenvalue weighted by molar-refractivity contribution is -0.385. The summed E-state index contributed by atoms with van der Waals surface area (Å²) in [6, 6.07) is 9.66. The molecule has 2 rings (SSSR count). The van der Waals surface area contributed by atoms with Crippen LogP contribution < -0.4 is 0 Å². The molecule has 0 atom stereocenters. The summed E-state index contributed by atoms with van der Waals surface area (Å²) in [6.07, 6.45) is 0. The van der Waals surface area contributed by atoms with E-state index in [2.05, 4.69) is 4.98 Å². The van der Waals surface area contributed by atoms with Crippen LogP contribution >= 0.6 is 0 Å². The normalized spacial score (nSPS) is 10.2. The van der Waals surface area contributed by atoms with Crippen LogP contribution in [-0.4, -0.2) is 15.0 Å². The van der Waals surface area contributed by atoms with Crippen LogP contribution in [0.15, 0.2) is 36.4 Å². The molecule has 2 aromatic rings. The van der Waals surface area contributed by atoms with Crippen molar-refractivity contribution in [3.63, 3.8) is 0 Å². The molecule has 1 aromatic carbocycles. The zero-order chi connectivity index (χ0) is 12.4. The van der Waals surface area contributed by atoms with Crippen LogP contribution in [-0.2, 0) is 0 Å². The minimum atomic E-state index is -0.475. The fraction of sp³-hybridized carbons (Fsp3) is 0.0833. The molecule has 0 bridgehead atoms. The Hall–Kier alpha value is -2.43. The zero-order valence-corrected chi connectivity index (χ0v) is 9.12. The van der Waals surface area contributed by atoms with Crippen LogP contribution in [0.1, 0.15) is 5.69 Å². The number of phenolic OH excluding ortho intramolecular Hbond substituents is 1. The number of hydrogen-bond acceptors (Lipinski definition) is 4. The molecule has 0 spiro atoms. The van der Waals surface area contributed by atoms with Gasteiger partial charge < -0.3 is 5.11 Å². The number of hydrogen-bond donors (Lipinski definition) is 1. The first-order chi connectivity index (χ1) is 8.09. The summed E-state index contributed by atoms with van der Waals surface area (Å²) in [5.74, 6) is 0.105. The first-order valence-corrected chi connectivity index (χ1v) is 5.00. The lowest BCUT2D eigenvalue weighted by atomic mass is 10.1. The quantitative estimate of drug-likeness (QED) is 0.635. The van der Waals surface area contributed by atoms with Crippen molar-refractivity contribution >= 4 is 5.69 Å². The number of pyridine rings is 1. The Balaban J connectivity index is 2.52. The first kappa shape index (κ1) is 11.1. The Morgan fingerprint density at radius 3 is 2.53 bits per heavy atom.